The summed E-state index contributed by atoms with van der Waals surface area (Å²) in [6.07, 6.45) is 0.759. The first kappa shape index (κ1) is 19.9. The summed E-state index contributed by atoms with van der Waals surface area (Å²) in [6.45, 7) is 0.669. The number of halogens is 4. The Labute approximate surface area is 133 Å². The Morgan fingerprint density at radius 2 is 2.14 bits per heavy atom. The van der Waals surface area contributed by atoms with Crippen LogP contribution in [0.2, 0.25) is 5.02 Å². The smallest absolute Gasteiger partial charge is 0.277 e. The van der Waals surface area contributed by atoms with Crippen LogP contribution in [0.15, 0.2) is 18.2 Å². The van der Waals surface area contributed by atoms with E-state index in [-0.39, 0.29) is 18.0 Å². The van der Waals surface area contributed by atoms with E-state index in [2.05, 4.69) is 5.32 Å². The fourth-order valence-corrected chi connectivity index (χ4v) is 1.57. The zero-order valence-corrected chi connectivity index (χ0v) is 13.1. The fraction of sp³-hybridized carbons (Fsp3) is 0.462. The topological polar surface area (TPSA) is 64.3 Å². The van der Waals surface area contributed by atoms with Crippen LogP contribution in [0.4, 0.5) is 8.78 Å². The Kier molecular flexibility index (Phi) is 8.54. The molecular formula is C13H18Cl2F2N2O2. The Morgan fingerprint density at radius 1 is 1.48 bits per heavy atom. The maximum atomic E-state index is 13.0. The van der Waals surface area contributed by atoms with Crippen molar-refractivity contribution in [2.75, 3.05) is 19.7 Å². The third-order valence-electron chi connectivity index (χ3n) is 2.45. The zero-order chi connectivity index (χ0) is 15.2. The van der Waals surface area contributed by atoms with Gasteiger partial charge in [-0.05, 0) is 24.6 Å². The van der Waals surface area contributed by atoms with Gasteiger partial charge in [-0.1, -0.05) is 18.5 Å². The number of carbonyl (C=O) groups is 1. The van der Waals surface area contributed by atoms with Crippen LogP contribution in [0.3, 0.4) is 0 Å². The monoisotopic (exact) mass is 342 g/mol. The normalized spacial score (nSPS) is 10.7. The molecule has 120 valence electrons. The lowest BCUT2D eigenvalue weighted by atomic mass is 10.2. The average Bonchev–Trinajstić information content (AvgIpc) is 2.43. The van der Waals surface area contributed by atoms with Gasteiger partial charge >= 0.3 is 0 Å². The standard InChI is InChI=1S/C13H17ClF2N2O2.ClH/c1-2-5-20-11-4-3-9(14)6-10(11)12(19)18-8-13(15,16)7-17;/h3-4,6H,2,5,7-8,17H2,1H3,(H,18,19);1H. The van der Waals surface area contributed by atoms with Crippen molar-refractivity contribution in [2.45, 2.75) is 19.3 Å². The highest BCUT2D eigenvalue weighted by atomic mass is 35.5. The average molecular weight is 343 g/mol. The molecule has 1 rings (SSSR count). The minimum absolute atomic E-state index is 0. The Morgan fingerprint density at radius 3 is 2.71 bits per heavy atom. The molecule has 0 radical (unpaired) electrons. The molecule has 1 amide bonds. The summed E-state index contributed by atoms with van der Waals surface area (Å²) in [5.74, 6) is -3.50. The van der Waals surface area contributed by atoms with Gasteiger partial charge in [-0.3, -0.25) is 4.79 Å². The zero-order valence-electron chi connectivity index (χ0n) is 11.5. The number of carbonyl (C=O) groups excluding carboxylic acids is 1. The first-order valence-corrected chi connectivity index (χ1v) is 6.56. The third kappa shape index (κ3) is 6.46. The first-order valence-electron chi connectivity index (χ1n) is 6.18. The summed E-state index contributed by atoms with van der Waals surface area (Å²) in [5.41, 5.74) is 5.03. The molecule has 1 aromatic rings. The number of nitrogens with two attached hydrogens (primary N) is 1. The van der Waals surface area contributed by atoms with E-state index in [1.807, 2.05) is 6.92 Å². The lowest BCUT2D eigenvalue weighted by Crippen LogP contribution is -2.41. The molecule has 0 saturated carbocycles. The molecule has 8 heteroatoms. The van der Waals surface area contributed by atoms with E-state index in [1.54, 1.807) is 6.07 Å². The third-order valence-corrected chi connectivity index (χ3v) is 2.69. The lowest BCUT2D eigenvalue weighted by Gasteiger charge is -2.16. The molecule has 0 saturated heterocycles. The number of rotatable bonds is 7. The summed E-state index contributed by atoms with van der Waals surface area (Å²) in [6, 6.07) is 4.48. The Bertz CT molecular complexity index is 473. The SMILES string of the molecule is CCCOc1ccc(Cl)cc1C(=O)NCC(F)(F)CN.Cl. The van der Waals surface area contributed by atoms with Crippen molar-refractivity contribution in [2.24, 2.45) is 5.73 Å². The van der Waals surface area contributed by atoms with Gasteiger partial charge < -0.3 is 15.8 Å². The van der Waals surface area contributed by atoms with Crippen LogP contribution in [0.1, 0.15) is 23.7 Å². The van der Waals surface area contributed by atoms with Crippen LogP contribution in [0, 0.1) is 0 Å². The minimum Gasteiger partial charge on any atom is -0.493 e. The second-order valence-corrected chi connectivity index (χ2v) is 4.67. The van der Waals surface area contributed by atoms with E-state index in [9.17, 15) is 13.6 Å². The largest absolute Gasteiger partial charge is 0.493 e. The van der Waals surface area contributed by atoms with Gasteiger partial charge in [0, 0.05) is 5.02 Å². The van der Waals surface area contributed by atoms with Crippen molar-refractivity contribution in [3.63, 3.8) is 0 Å². The molecule has 21 heavy (non-hydrogen) atoms. The number of ether oxygens (including phenoxy) is 1. The molecule has 0 atom stereocenters. The minimum atomic E-state index is -3.14. The van der Waals surface area contributed by atoms with Crippen LogP contribution in [0.25, 0.3) is 0 Å². The van der Waals surface area contributed by atoms with Gasteiger partial charge in [-0.15, -0.1) is 12.4 Å². The Hall–Kier alpha value is -1.11. The van der Waals surface area contributed by atoms with Crippen LogP contribution >= 0.6 is 24.0 Å². The van der Waals surface area contributed by atoms with Gasteiger partial charge in [0.1, 0.15) is 5.75 Å². The number of amides is 1. The van der Waals surface area contributed by atoms with Crippen molar-refractivity contribution in [1.29, 1.82) is 0 Å². The molecule has 0 unspecified atom stereocenters. The van der Waals surface area contributed by atoms with Gasteiger partial charge in [0.05, 0.1) is 25.3 Å². The van der Waals surface area contributed by atoms with Gasteiger partial charge in [0.15, 0.2) is 0 Å². The molecule has 0 aliphatic heterocycles. The van der Waals surface area contributed by atoms with Gasteiger partial charge in [-0.2, -0.15) is 0 Å². The van der Waals surface area contributed by atoms with Crippen molar-refractivity contribution < 1.29 is 18.3 Å². The summed E-state index contributed by atoms with van der Waals surface area (Å²) < 4.78 is 31.4. The number of benzene rings is 1. The van der Waals surface area contributed by atoms with Gasteiger partial charge in [0.25, 0.3) is 11.8 Å². The maximum Gasteiger partial charge on any atom is 0.277 e. The summed E-state index contributed by atoms with van der Waals surface area (Å²) in [7, 11) is 0. The molecular weight excluding hydrogens is 325 g/mol. The number of alkyl halides is 2. The summed E-state index contributed by atoms with van der Waals surface area (Å²) in [5, 5.41) is 2.45. The van der Waals surface area contributed by atoms with E-state index in [4.69, 9.17) is 22.1 Å². The molecule has 0 spiro atoms. The van der Waals surface area contributed by atoms with E-state index >= 15 is 0 Å². The molecule has 0 heterocycles. The van der Waals surface area contributed by atoms with Crippen LogP contribution in [0.5, 0.6) is 5.75 Å². The Balaban J connectivity index is 0.00000400. The molecule has 0 aliphatic rings. The van der Waals surface area contributed by atoms with Crippen LogP contribution in [-0.2, 0) is 0 Å². The summed E-state index contributed by atoms with van der Waals surface area (Å²) >= 11 is 5.81. The van der Waals surface area contributed by atoms with Crippen LogP contribution in [-0.4, -0.2) is 31.5 Å². The highest BCUT2D eigenvalue weighted by Gasteiger charge is 2.28. The molecule has 4 nitrogen and oxygen atoms in total. The quantitative estimate of drug-likeness (QED) is 0.800. The van der Waals surface area contributed by atoms with E-state index < -0.39 is 24.9 Å². The molecule has 1 aromatic carbocycles. The predicted molar refractivity (Wildman–Crippen MR) is 80.8 cm³/mol. The summed E-state index contributed by atoms with van der Waals surface area (Å²) in [4.78, 5) is 11.9. The molecule has 0 aliphatic carbocycles. The molecule has 0 fully saturated rings. The number of hydrogen-bond acceptors (Lipinski definition) is 3. The van der Waals surface area contributed by atoms with Crippen molar-refractivity contribution in [3.8, 4) is 5.75 Å². The van der Waals surface area contributed by atoms with Crippen LogP contribution < -0.4 is 15.8 Å². The molecule has 3 N–H and O–H groups in total. The van der Waals surface area contributed by atoms with Crippen molar-refractivity contribution >= 4 is 29.9 Å². The van der Waals surface area contributed by atoms with Crippen molar-refractivity contribution in [1.82, 2.24) is 5.32 Å². The second kappa shape index (κ2) is 9.02. The van der Waals surface area contributed by atoms with E-state index in [1.165, 1.54) is 12.1 Å². The molecule has 0 bridgehead atoms. The fourth-order valence-electron chi connectivity index (χ4n) is 1.39. The van der Waals surface area contributed by atoms with E-state index in [0.717, 1.165) is 6.42 Å². The second-order valence-electron chi connectivity index (χ2n) is 4.23. The lowest BCUT2D eigenvalue weighted by molar-refractivity contribution is 0.0118. The van der Waals surface area contributed by atoms with Gasteiger partial charge in [-0.25, -0.2) is 8.78 Å². The van der Waals surface area contributed by atoms with E-state index in [0.29, 0.717) is 17.4 Å². The highest BCUT2D eigenvalue weighted by molar-refractivity contribution is 6.31. The van der Waals surface area contributed by atoms with Gasteiger partial charge in [0.2, 0.25) is 0 Å². The molecule has 0 aromatic heterocycles. The predicted octanol–water partition coefficient (Wildman–Crippen LogP) is 2.87. The number of hydrogen-bond donors (Lipinski definition) is 2. The van der Waals surface area contributed by atoms with Crippen molar-refractivity contribution in [3.05, 3.63) is 28.8 Å². The first-order chi connectivity index (χ1) is 9.39. The number of nitrogens with one attached hydrogen (secondary N) is 1. The maximum absolute atomic E-state index is 13.0. The highest BCUT2D eigenvalue weighted by Crippen LogP contribution is 2.23.